The van der Waals surface area contributed by atoms with Crippen molar-refractivity contribution in [2.45, 2.75) is 65.1 Å². The number of rotatable bonds is 15. The molecule has 0 amide bonds. The van der Waals surface area contributed by atoms with E-state index in [0.717, 1.165) is 30.4 Å². The topological polar surface area (TPSA) is 81.7 Å². The highest BCUT2D eigenvalue weighted by Crippen LogP contribution is 2.50. The molecule has 0 saturated heterocycles. The van der Waals surface area contributed by atoms with E-state index in [-0.39, 0.29) is 49.5 Å². The van der Waals surface area contributed by atoms with Gasteiger partial charge in [-0.15, -0.1) is 0 Å². The second-order valence-corrected chi connectivity index (χ2v) is 13.9. The standard InChI is InChI=1S/C31H46O8Si/c1-31(2,3)30(39-40(7)8)27-17-23(37-19-34-5)16-26(29(27)38-20-35-6)24-10-9-11-25(24)28(32)21-12-14-22(15-13-21)36-18-33-4/h12-17,24-25,30,40H,9-11,18-20H2,1-8H3. The molecule has 1 fully saturated rings. The molecule has 0 N–H and O–H groups in total. The van der Waals surface area contributed by atoms with Crippen molar-refractivity contribution in [2.75, 3.05) is 41.7 Å². The van der Waals surface area contributed by atoms with Gasteiger partial charge in [0.15, 0.2) is 35.2 Å². The van der Waals surface area contributed by atoms with Gasteiger partial charge in [-0.3, -0.25) is 4.79 Å². The first kappa shape index (κ1) is 32.1. The van der Waals surface area contributed by atoms with Crippen molar-refractivity contribution in [3.05, 3.63) is 53.1 Å². The van der Waals surface area contributed by atoms with Gasteiger partial charge in [0.2, 0.25) is 0 Å². The van der Waals surface area contributed by atoms with E-state index in [0.29, 0.717) is 22.8 Å². The van der Waals surface area contributed by atoms with E-state index in [1.807, 2.05) is 36.4 Å². The molecule has 2 aromatic rings. The lowest BCUT2D eigenvalue weighted by Crippen LogP contribution is -2.27. The minimum Gasteiger partial charge on any atom is -0.468 e. The Morgan fingerprint density at radius 1 is 0.875 bits per heavy atom. The average Bonchev–Trinajstić information content (AvgIpc) is 3.41. The SMILES string of the molecule is COCOc1ccc(C(=O)C2CCCC2c2cc(OCOC)cc(C(O[SiH](C)C)C(C)(C)C)c2OCOC)cc1. The van der Waals surface area contributed by atoms with Gasteiger partial charge >= 0.3 is 0 Å². The second-order valence-electron chi connectivity index (χ2n) is 11.5. The zero-order valence-corrected chi connectivity index (χ0v) is 26.4. The van der Waals surface area contributed by atoms with E-state index in [2.05, 4.69) is 33.9 Å². The highest BCUT2D eigenvalue weighted by Gasteiger charge is 2.39. The van der Waals surface area contributed by atoms with Crippen molar-refractivity contribution in [1.29, 1.82) is 0 Å². The summed E-state index contributed by atoms with van der Waals surface area (Å²) in [6.07, 6.45) is 2.37. The average molecular weight is 575 g/mol. The molecule has 1 aliphatic rings. The van der Waals surface area contributed by atoms with Crippen LogP contribution in [0, 0.1) is 11.3 Å². The largest absolute Gasteiger partial charge is 0.468 e. The molecule has 0 bridgehead atoms. The van der Waals surface area contributed by atoms with E-state index >= 15 is 0 Å². The number of carbonyl (C=O) groups is 1. The molecule has 3 atom stereocenters. The molecule has 0 aromatic heterocycles. The van der Waals surface area contributed by atoms with Crippen molar-refractivity contribution >= 4 is 14.8 Å². The van der Waals surface area contributed by atoms with Gasteiger partial charge in [-0.25, -0.2) is 0 Å². The van der Waals surface area contributed by atoms with Crippen molar-refractivity contribution in [2.24, 2.45) is 11.3 Å². The smallest absolute Gasteiger partial charge is 0.188 e. The Balaban J connectivity index is 2.09. The van der Waals surface area contributed by atoms with Crippen molar-refractivity contribution < 1.29 is 37.6 Å². The van der Waals surface area contributed by atoms with Crippen molar-refractivity contribution in [3.63, 3.8) is 0 Å². The van der Waals surface area contributed by atoms with Crippen LogP contribution < -0.4 is 14.2 Å². The van der Waals surface area contributed by atoms with Gasteiger partial charge in [0, 0.05) is 43.9 Å². The van der Waals surface area contributed by atoms with Gasteiger partial charge < -0.3 is 32.8 Å². The number of ketones is 1. The number of methoxy groups -OCH3 is 3. The summed E-state index contributed by atoms with van der Waals surface area (Å²) in [5.74, 6) is 1.90. The van der Waals surface area contributed by atoms with Crippen LogP contribution in [0.3, 0.4) is 0 Å². The number of hydrogen-bond donors (Lipinski definition) is 0. The Morgan fingerprint density at radius 3 is 2.05 bits per heavy atom. The Hall–Kier alpha value is -2.43. The zero-order chi connectivity index (χ0) is 29.3. The molecule has 3 unspecified atom stereocenters. The van der Waals surface area contributed by atoms with Crippen LogP contribution >= 0.6 is 0 Å². The fraction of sp³-hybridized carbons (Fsp3) is 0.581. The van der Waals surface area contributed by atoms with Crippen LogP contribution in [0.25, 0.3) is 0 Å². The van der Waals surface area contributed by atoms with Crippen molar-refractivity contribution in [1.82, 2.24) is 0 Å². The third-order valence-corrected chi connectivity index (χ3v) is 7.81. The molecule has 0 spiro atoms. The maximum atomic E-state index is 13.9. The lowest BCUT2D eigenvalue weighted by molar-refractivity contribution is 0.0390. The molecule has 1 aliphatic carbocycles. The molecule has 9 heteroatoms. The van der Waals surface area contributed by atoms with E-state index in [9.17, 15) is 4.79 Å². The number of benzene rings is 2. The maximum Gasteiger partial charge on any atom is 0.188 e. The molecule has 222 valence electrons. The van der Waals surface area contributed by atoms with E-state index < -0.39 is 9.04 Å². The van der Waals surface area contributed by atoms with Gasteiger partial charge in [-0.1, -0.05) is 27.2 Å². The Morgan fingerprint density at radius 2 is 1.48 bits per heavy atom. The Bertz CT molecular complexity index is 1080. The van der Waals surface area contributed by atoms with Crippen LogP contribution in [0.5, 0.6) is 17.2 Å². The van der Waals surface area contributed by atoms with Gasteiger partial charge in [-0.05, 0) is 73.7 Å². The van der Waals surface area contributed by atoms with E-state index in [1.165, 1.54) is 0 Å². The number of carbonyl (C=O) groups excluding carboxylic acids is 1. The van der Waals surface area contributed by atoms with Gasteiger partial charge in [0.05, 0.1) is 6.10 Å². The molecule has 8 nitrogen and oxygen atoms in total. The first-order valence-corrected chi connectivity index (χ1v) is 16.7. The van der Waals surface area contributed by atoms with Crippen LogP contribution in [0.1, 0.15) is 73.5 Å². The summed E-state index contributed by atoms with van der Waals surface area (Å²) < 4.78 is 40.0. The summed E-state index contributed by atoms with van der Waals surface area (Å²) in [4.78, 5) is 13.9. The lowest BCUT2D eigenvalue weighted by atomic mass is 9.79. The minimum atomic E-state index is -1.43. The van der Waals surface area contributed by atoms with Crippen molar-refractivity contribution in [3.8, 4) is 17.2 Å². The van der Waals surface area contributed by atoms with E-state index in [1.54, 1.807) is 21.3 Å². The first-order valence-electron chi connectivity index (χ1n) is 13.9. The zero-order valence-electron chi connectivity index (χ0n) is 25.3. The highest BCUT2D eigenvalue weighted by molar-refractivity contribution is 6.48. The molecular formula is C31H46O8Si. The molecule has 3 rings (SSSR count). The lowest BCUT2D eigenvalue weighted by Gasteiger charge is -2.35. The number of ether oxygens (including phenoxy) is 6. The Labute approximate surface area is 240 Å². The molecule has 0 aliphatic heterocycles. The summed E-state index contributed by atoms with van der Waals surface area (Å²) in [6, 6.07) is 11.3. The molecule has 1 saturated carbocycles. The van der Waals surface area contributed by atoms with Gasteiger partial charge in [-0.2, -0.15) is 0 Å². The third-order valence-electron chi connectivity index (χ3n) is 7.00. The molecule has 2 aromatic carbocycles. The predicted molar refractivity (Wildman–Crippen MR) is 157 cm³/mol. The maximum absolute atomic E-state index is 13.9. The van der Waals surface area contributed by atoms with Gasteiger partial charge in [0.1, 0.15) is 17.2 Å². The number of Topliss-reactive ketones (excluding diaryl/α,β-unsaturated/α-hetero) is 1. The van der Waals surface area contributed by atoms with E-state index in [4.69, 9.17) is 32.8 Å². The van der Waals surface area contributed by atoms with Crippen LogP contribution in [0.4, 0.5) is 0 Å². The highest BCUT2D eigenvalue weighted by atomic mass is 28.3. The van der Waals surface area contributed by atoms with Gasteiger partial charge in [0.25, 0.3) is 0 Å². The number of hydrogen-bond acceptors (Lipinski definition) is 8. The molecule has 40 heavy (non-hydrogen) atoms. The second kappa shape index (κ2) is 15.0. The van der Waals surface area contributed by atoms with Crippen LogP contribution in [-0.4, -0.2) is 56.5 Å². The summed E-state index contributed by atoms with van der Waals surface area (Å²) >= 11 is 0. The summed E-state index contributed by atoms with van der Waals surface area (Å²) in [6.45, 7) is 11.2. The summed E-state index contributed by atoms with van der Waals surface area (Å²) in [5, 5.41) is 0. The van der Waals surface area contributed by atoms with Crippen LogP contribution in [0.2, 0.25) is 13.1 Å². The quantitative estimate of drug-likeness (QED) is 0.136. The summed E-state index contributed by atoms with van der Waals surface area (Å²) in [5.41, 5.74) is 2.30. The fourth-order valence-electron chi connectivity index (χ4n) is 5.33. The summed E-state index contributed by atoms with van der Waals surface area (Å²) in [7, 11) is 3.35. The predicted octanol–water partition coefficient (Wildman–Crippen LogP) is 6.49. The fourth-order valence-corrected chi connectivity index (χ4v) is 6.43. The normalized spacial score (nSPS) is 18.1. The molecule has 0 heterocycles. The monoisotopic (exact) mass is 574 g/mol. The molecular weight excluding hydrogens is 528 g/mol. The van der Waals surface area contributed by atoms with Crippen LogP contribution in [0.15, 0.2) is 36.4 Å². The Kier molecular flexibility index (Phi) is 12.0. The molecule has 0 radical (unpaired) electrons. The van der Waals surface area contributed by atoms with Crippen LogP contribution in [-0.2, 0) is 18.6 Å². The third kappa shape index (κ3) is 8.30. The minimum absolute atomic E-state index is 0.0504. The first-order chi connectivity index (χ1) is 19.1.